The molecule has 1 N–H and O–H groups in total. The second-order valence-electron chi connectivity index (χ2n) is 2.78. The number of rotatable bonds is 2. The van der Waals surface area contributed by atoms with E-state index in [4.69, 9.17) is 10.5 Å². The Kier molecular flexibility index (Phi) is 5.79. The second kappa shape index (κ2) is 5.89. The molecular formula is C7H8KN5O2S. The van der Waals surface area contributed by atoms with Gasteiger partial charge in [0.05, 0.1) is 0 Å². The fraction of sp³-hybridized carbons (Fsp3) is 0.286. The van der Waals surface area contributed by atoms with Gasteiger partial charge in [0.1, 0.15) is 12.1 Å². The van der Waals surface area contributed by atoms with Crippen LogP contribution in [0.4, 0.5) is 0 Å². The fourth-order valence-electron chi connectivity index (χ4n) is 0.808. The molecule has 0 aliphatic rings. The molecule has 0 atom stereocenters. The quantitative estimate of drug-likeness (QED) is 0.558. The van der Waals surface area contributed by atoms with Crippen molar-refractivity contribution in [3.63, 3.8) is 0 Å². The van der Waals surface area contributed by atoms with Crippen molar-refractivity contribution in [3.05, 3.63) is 11.4 Å². The van der Waals surface area contributed by atoms with Crippen molar-refractivity contribution < 1.29 is 61.2 Å². The van der Waals surface area contributed by atoms with Crippen LogP contribution in [-0.2, 0) is 10.0 Å². The molecule has 1 heterocycles. The molecule has 0 amide bonds. The first kappa shape index (κ1) is 15.7. The van der Waals surface area contributed by atoms with Gasteiger partial charge in [-0.2, -0.15) is 10.5 Å². The Morgan fingerprint density at radius 2 is 1.94 bits per heavy atom. The van der Waals surface area contributed by atoms with E-state index in [0.29, 0.717) is 0 Å². The third-order valence-electron chi connectivity index (χ3n) is 1.62. The average molecular weight is 265 g/mol. The van der Waals surface area contributed by atoms with Crippen molar-refractivity contribution in [2.45, 2.75) is 5.16 Å². The maximum atomic E-state index is 11.5. The summed E-state index contributed by atoms with van der Waals surface area (Å²) in [5.74, 6) is 0. The Morgan fingerprint density at radius 3 is 2.25 bits per heavy atom. The van der Waals surface area contributed by atoms with Crippen molar-refractivity contribution in [2.24, 2.45) is 0 Å². The van der Waals surface area contributed by atoms with Crippen LogP contribution < -0.4 is 51.4 Å². The van der Waals surface area contributed by atoms with Gasteiger partial charge in [-0.1, -0.05) is 0 Å². The average Bonchev–Trinajstić information content (AvgIpc) is 2.60. The maximum Gasteiger partial charge on any atom is 1.00 e. The first-order chi connectivity index (χ1) is 6.93. The summed E-state index contributed by atoms with van der Waals surface area (Å²) in [7, 11) is -1.08. The normalized spacial score (nSPS) is 10.3. The molecule has 16 heavy (non-hydrogen) atoms. The molecule has 1 aromatic rings. The first-order valence-corrected chi connectivity index (χ1v) is 5.20. The summed E-state index contributed by atoms with van der Waals surface area (Å²) in [4.78, 5) is 5.80. The molecule has 80 valence electrons. The van der Waals surface area contributed by atoms with E-state index < -0.39 is 15.2 Å². The summed E-state index contributed by atoms with van der Waals surface area (Å²) >= 11 is 0. The van der Waals surface area contributed by atoms with Gasteiger partial charge < -0.3 is 6.41 Å². The van der Waals surface area contributed by atoms with Crippen molar-refractivity contribution >= 4 is 10.0 Å². The summed E-state index contributed by atoms with van der Waals surface area (Å²) in [6.07, 6.45) is 0. The number of aromatic nitrogens is 2. The summed E-state index contributed by atoms with van der Waals surface area (Å²) in [5, 5.41) is 16.8. The zero-order valence-electron chi connectivity index (χ0n) is 10.0. The van der Waals surface area contributed by atoms with Gasteiger partial charge in [0.2, 0.25) is 5.16 Å². The van der Waals surface area contributed by atoms with E-state index in [1.807, 2.05) is 0 Å². The van der Waals surface area contributed by atoms with Crippen molar-refractivity contribution in [1.29, 1.82) is 10.5 Å². The van der Waals surface area contributed by atoms with E-state index in [1.54, 1.807) is 12.1 Å². The van der Waals surface area contributed by atoms with Crippen LogP contribution in [0.15, 0.2) is 5.16 Å². The summed E-state index contributed by atoms with van der Waals surface area (Å²) in [6.45, 7) is 0. The number of nitriles is 2. The van der Waals surface area contributed by atoms with Gasteiger partial charge in [-0.25, -0.2) is 17.7 Å². The molecule has 9 heteroatoms. The van der Waals surface area contributed by atoms with E-state index >= 15 is 0 Å². The summed E-state index contributed by atoms with van der Waals surface area (Å²) in [5.41, 5.74) is -0.379. The predicted molar refractivity (Wildman–Crippen MR) is 50.0 cm³/mol. The van der Waals surface area contributed by atoms with Crippen LogP contribution in [0.25, 0.3) is 0 Å². The monoisotopic (exact) mass is 265 g/mol. The smallest absolute Gasteiger partial charge is 1.00 e. The Bertz CT molecular complexity index is 537. The molecule has 0 aliphatic carbocycles. The molecule has 0 bridgehead atoms. The molecule has 0 aromatic carbocycles. The standard InChI is InChI=1S/C7H7N5O2S.K.H/c1-12(2)15(13,14)7-10-5(3-8)6(4-9)11-7;;/h1-2H3,(H,10,11);;/q;+1;-1. The van der Waals surface area contributed by atoms with E-state index in [-0.39, 0.29) is 64.2 Å². The largest absolute Gasteiger partial charge is 1.00 e. The van der Waals surface area contributed by atoms with Gasteiger partial charge in [-0.05, 0) is 0 Å². The van der Waals surface area contributed by atoms with Gasteiger partial charge in [0.15, 0.2) is 11.4 Å². The van der Waals surface area contributed by atoms with Crippen LogP contribution in [0.3, 0.4) is 0 Å². The molecular weight excluding hydrogens is 257 g/mol. The van der Waals surface area contributed by atoms with Crippen molar-refractivity contribution in [3.8, 4) is 12.1 Å². The minimum Gasteiger partial charge on any atom is -1.00 e. The molecule has 7 nitrogen and oxygen atoms in total. The molecule has 0 saturated carbocycles. The fourth-order valence-corrected chi connectivity index (χ4v) is 1.59. The maximum absolute atomic E-state index is 11.5. The van der Waals surface area contributed by atoms with Crippen LogP contribution in [0, 0.1) is 22.7 Å². The SMILES string of the molecule is CN(C)S(=O)(=O)c1nc(C#N)c(C#N)[nH]1.[H-].[K+]. The minimum atomic E-state index is -3.73. The van der Waals surface area contributed by atoms with Crippen LogP contribution in [-0.4, -0.2) is 36.8 Å². The van der Waals surface area contributed by atoms with Gasteiger partial charge >= 0.3 is 51.4 Å². The Hall–Kier alpha value is -0.264. The van der Waals surface area contributed by atoms with E-state index in [2.05, 4.69) is 9.97 Å². The van der Waals surface area contributed by atoms with Crippen molar-refractivity contribution in [2.75, 3.05) is 14.1 Å². The zero-order chi connectivity index (χ0) is 11.6. The van der Waals surface area contributed by atoms with Gasteiger partial charge in [-0.15, -0.1) is 0 Å². The van der Waals surface area contributed by atoms with Crippen LogP contribution in [0.1, 0.15) is 12.8 Å². The Morgan fingerprint density at radius 1 is 1.38 bits per heavy atom. The number of hydrogen-bond donors (Lipinski definition) is 1. The molecule has 1 aromatic heterocycles. The Balaban J connectivity index is 0. The Labute approximate surface area is 137 Å². The zero-order valence-corrected chi connectivity index (χ0v) is 13.0. The van der Waals surface area contributed by atoms with Gasteiger partial charge in [0.25, 0.3) is 10.0 Å². The molecule has 0 aliphatic heterocycles. The number of nitrogens with one attached hydrogen (secondary N) is 1. The van der Waals surface area contributed by atoms with E-state index in [9.17, 15) is 8.42 Å². The molecule has 1 rings (SSSR count). The third-order valence-corrected chi connectivity index (χ3v) is 3.27. The van der Waals surface area contributed by atoms with Crippen LogP contribution in [0.2, 0.25) is 0 Å². The molecule has 0 radical (unpaired) electrons. The van der Waals surface area contributed by atoms with Gasteiger partial charge in [0, 0.05) is 14.1 Å². The minimum absolute atomic E-state index is 0. The number of aromatic amines is 1. The third kappa shape index (κ3) is 2.90. The molecule has 0 unspecified atom stereocenters. The summed E-state index contributed by atoms with van der Waals surface area (Å²) < 4.78 is 24.0. The van der Waals surface area contributed by atoms with E-state index in [0.717, 1.165) is 4.31 Å². The number of imidazole rings is 1. The van der Waals surface area contributed by atoms with Crippen molar-refractivity contribution in [1.82, 2.24) is 14.3 Å². The predicted octanol–water partition coefficient (Wildman–Crippen LogP) is -3.48. The number of nitrogens with zero attached hydrogens (tertiary/aromatic N) is 4. The molecule has 0 saturated heterocycles. The summed E-state index contributed by atoms with van der Waals surface area (Å²) in [6, 6.07) is 3.28. The van der Waals surface area contributed by atoms with Crippen LogP contribution >= 0.6 is 0 Å². The first-order valence-electron chi connectivity index (χ1n) is 3.76. The number of hydrogen-bond acceptors (Lipinski definition) is 5. The van der Waals surface area contributed by atoms with Gasteiger partial charge in [-0.3, -0.25) is 0 Å². The molecule has 0 spiro atoms. The van der Waals surface area contributed by atoms with Crippen LogP contribution in [0.5, 0.6) is 0 Å². The topological polar surface area (TPSA) is 114 Å². The molecule has 0 fully saturated rings. The number of sulfonamides is 1. The van der Waals surface area contributed by atoms with E-state index in [1.165, 1.54) is 14.1 Å². The second-order valence-corrected chi connectivity index (χ2v) is 4.84. The number of H-pyrrole nitrogens is 1.